The highest BCUT2D eigenvalue weighted by atomic mass is 32.1. The van der Waals surface area contributed by atoms with E-state index in [0.717, 1.165) is 22.3 Å². The van der Waals surface area contributed by atoms with Crippen LogP contribution in [0.1, 0.15) is 15.5 Å². The monoisotopic (exact) mass is 328 g/mol. The molecule has 116 valence electrons. The minimum atomic E-state index is -0.727. The first kappa shape index (κ1) is 14.9. The van der Waals surface area contributed by atoms with Crippen LogP contribution < -0.4 is 16.6 Å². The second kappa shape index (κ2) is 6.01. The molecule has 0 bridgehead atoms. The van der Waals surface area contributed by atoms with Crippen molar-refractivity contribution in [3.05, 3.63) is 67.3 Å². The highest BCUT2D eigenvalue weighted by Crippen LogP contribution is 2.24. The first-order valence-corrected chi connectivity index (χ1v) is 7.57. The van der Waals surface area contributed by atoms with Crippen LogP contribution in [0.3, 0.4) is 0 Å². The lowest BCUT2D eigenvalue weighted by Crippen LogP contribution is -2.27. The molecule has 0 atom stereocenters. The number of aromatic amines is 2. The molecule has 2 heterocycles. The summed E-state index contributed by atoms with van der Waals surface area (Å²) in [5.74, 6) is -0.570. The number of rotatable bonds is 3. The Hall–Kier alpha value is -3.00. The zero-order valence-electron chi connectivity index (χ0n) is 12.0. The molecule has 7 nitrogen and oxygen atoms in total. The zero-order chi connectivity index (χ0) is 16.4. The van der Waals surface area contributed by atoms with Gasteiger partial charge in [-0.1, -0.05) is 12.1 Å². The van der Waals surface area contributed by atoms with Gasteiger partial charge >= 0.3 is 5.69 Å². The molecule has 3 N–H and O–H groups in total. The van der Waals surface area contributed by atoms with Crippen LogP contribution >= 0.6 is 11.3 Å². The molecule has 0 saturated heterocycles. The average Bonchev–Trinajstić information content (AvgIpc) is 2.93. The summed E-state index contributed by atoms with van der Waals surface area (Å²) in [5.41, 5.74) is 0.771. The van der Waals surface area contributed by atoms with Gasteiger partial charge in [-0.05, 0) is 19.1 Å². The molecule has 8 heteroatoms. The molecule has 0 radical (unpaired) electrons. The number of hydrogen-bond donors (Lipinski definition) is 3. The van der Waals surface area contributed by atoms with E-state index < -0.39 is 17.2 Å². The van der Waals surface area contributed by atoms with Gasteiger partial charge in [0.25, 0.3) is 11.5 Å². The van der Waals surface area contributed by atoms with Crippen molar-refractivity contribution in [3.63, 3.8) is 0 Å². The lowest BCUT2D eigenvalue weighted by Gasteiger charge is -2.06. The molecule has 0 aliphatic carbocycles. The van der Waals surface area contributed by atoms with Crippen LogP contribution in [0.15, 0.2) is 45.3 Å². The fraction of sp³-hybridized carbons (Fsp3) is 0.0667. The summed E-state index contributed by atoms with van der Waals surface area (Å²) in [7, 11) is 0. The van der Waals surface area contributed by atoms with Gasteiger partial charge in [0.15, 0.2) is 0 Å². The first-order chi connectivity index (χ1) is 11.0. The number of carbonyl (C=O) groups excluding carboxylic acids is 1. The maximum atomic E-state index is 12.1. The SMILES string of the molecule is Cc1nc(-c2cccc(NC(=O)c3cc(=O)[nH]c(=O)[nH]3)c2)cs1. The highest BCUT2D eigenvalue weighted by Gasteiger charge is 2.09. The Morgan fingerprint density at radius 3 is 2.74 bits per heavy atom. The van der Waals surface area contributed by atoms with E-state index in [0.29, 0.717) is 5.69 Å². The number of thiazole rings is 1. The molecule has 2 aromatic heterocycles. The van der Waals surface area contributed by atoms with Crippen LogP contribution in [-0.4, -0.2) is 20.9 Å². The van der Waals surface area contributed by atoms with E-state index in [1.165, 1.54) is 0 Å². The number of H-pyrrole nitrogens is 2. The Bertz CT molecular complexity index is 958. The third-order valence-electron chi connectivity index (χ3n) is 3.04. The first-order valence-electron chi connectivity index (χ1n) is 6.69. The molecular formula is C15H12N4O3S. The molecule has 1 amide bonds. The minimum Gasteiger partial charge on any atom is -0.321 e. The normalized spacial score (nSPS) is 10.5. The largest absolute Gasteiger partial charge is 0.326 e. The van der Waals surface area contributed by atoms with Crippen LogP contribution in [0, 0.1) is 6.92 Å². The summed E-state index contributed by atoms with van der Waals surface area (Å²) >= 11 is 1.54. The molecule has 0 spiro atoms. The van der Waals surface area contributed by atoms with Gasteiger partial charge in [-0.25, -0.2) is 9.78 Å². The van der Waals surface area contributed by atoms with Crippen LogP contribution in [-0.2, 0) is 0 Å². The number of benzene rings is 1. The van der Waals surface area contributed by atoms with E-state index in [9.17, 15) is 14.4 Å². The Morgan fingerprint density at radius 2 is 2.04 bits per heavy atom. The third-order valence-corrected chi connectivity index (χ3v) is 3.81. The summed E-state index contributed by atoms with van der Waals surface area (Å²) in [5, 5.41) is 5.53. The maximum absolute atomic E-state index is 12.1. The van der Waals surface area contributed by atoms with Crippen molar-refractivity contribution in [2.75, 3.05) is 5.32 Å². The highest BCUT2D eigenvalue weighted by molar-refractivity contribution is 7.09. The van der Waals surface area contributed by atoms with Crippen molar-refractivity contribution in [1.82, 2.24) is 15.0 Å². The molecule has 0 aliphatic rings. The van der Waals surface area contributed by atoms with Crippen molar-refractivity contribution in [2.45, 2.75) is 6.92 Å². The molecule has 1 aromatic carbocycles. The number of amides is 1. The zero-order valence-corrected chi connectivity index (χ0v) is 12.9. The van der Waals surface area contributed by atoms with E-state index >= 15 is 0 Å². The van der Waals surface area contributed by atoms with E-state index in [-0.39, 0.29) is 5.69 Å². The average molecular weight is 328 g/mol. The van der Waals surface area contributed by atoms with Gasteiger partial charge in [0.05, 0.1) is 10.7 Å². The van der Waals surface area contributed by atoms with Crippen molar-refractivity contribution >= 4 is 22.9 Å². The second-order valence-electron chi connectivity index (χ2n) is 4.79. The quantitative estimate of drug-likeness (QED) is 0.680. The van der Waals surface area contributed by atoms with Gasteiger partial charge in [-0.2, -0.15) is 0 Å². The number of aromatic nitrogens is 3. The Labute approximate surface area is 134 Å². The summed E-state index contributed by atoms with van der Waals surface area (Å²) in [4.78, 5) is 43.3. The van der Waals surface area contributed by atoms with Crippen molar-refractivity contribution in [1.29, 1.82) is 0 Å². The second-order valence-corrected chi connectivity index (χ2v) is 5.85. The molecule has 0 fully saturated rings. The van der Waals surface area contributed by atoms with Gasteiger partial charge in [0.1, 0.15) is 5.69 Å². The number of hydrogen-bond acceptors (Lipinski definition) is 5. The van der Waals surface area contributed by atoms with Crippen molar-refractivity contribution in [2.24, 2.45) is 0 Å². The Morgan fingerprint density at radius 1 is 1.22 bits per heavy atom. The predicted octanol–water partition coefficient (Wildman–Crippen LogP) is 1.75. The molecular weight excluding hydrogens is 316 g/mol. The third kappa shape index (κ3) is 3.43. The molecule has 3 rings (SSSR count). The van der Waals surface area contributed by atoms with Crippen molar-refractivity contribution < 1.29 is 4.79 Å². The van der Waals surface area contributed by atoms with Gasteiger partial charge < -0.3 is 10.3 Å². The van der Waals surface area contributed by atoms with Gasteiger partial charge in [0, 0.05) is 22.7 Å². The molecule has 0 unspecified atom stereocenters. The van der Waals surface area contributed by atoms with E-state index in [1.54, 1.807) is 29.5 Å². The van der Waals surface area contributed by atoms with Gasteiger partial charge in [-0.15, -0.1) is 11.3 Å². The predicted molar refractivity (Wildman–Crippen MR) is 87.9 cm³/mol. The number of nitrogens with one attached hydrogen (secondary N) is 3. The standard InChI is InChI=1S/C15H12N4O3S/c1-8-16-12(7-23-8)9-3-2-4-10(5-9)17-14(21)11-6-13(20)19-15(22)18-11/h2-7H,1H3,(H,17,21)(H2,18,19,20,22). The summed E-state index contributed by atoms with van der Waals surface area (Å²) < 4.78 is 0. The van der Waals surface area contributed by atoms with Crippen LogP contribution in [0.4, 0.5) is 5.69 Å². The van der Waals surface area contributed by atoms with Crippen LogP contribution in [0.5, 0.6) is 0 Å². The van der Waals surface area contributed by atoms with Gasteiger partial charge in [-0.3, -0.25) is 14.6 Å². The number of anilines is 1. The summed E-state index contributed by atoms with van der Waals surface area (Å²) in [6.45, 7) is 1.92. The maximum Gasteiger partial charge on any atom is 0.326 e. The number of aryl methyl sites for hydroxylation is 1. The Balaban J connectivity index is 1.87. The minimum absolute atomic E-state index is 0.103. The molecule has 0 saturated carbocycles. The number of nitrogens with zero attached hydrogens (tertiary/aromatic N) is 1. The fourth-order valence-electron chi connectivity index (χ4n) is 2.04. The molecule has 23 heavy (non-hydrogen) atoms. The van der Waals surface area contributed by atoms with Crippen LogP contribution in [0.25, 0.3) is 11.3 Å². The summed E-state index contributed by atoms with van der Waals surface area (Å²) in [6.07, 6.45) is 0. The fourth-order valence-corrected chi connectivity index (χ4v) is 2.66. The lowest BCUT2D eigenvalue weighted by molar-refractivity contribution is 0.102. The Kier molecular flexibility index (Phi) is 3.90. The van der Waals surface area contributed by atoms with Gasteiger partial charge in [0.2, 0.25) is 0 Å². The molecule has 3 aromatic rings. The van der Waals surface area contributed by atoms with Crippen molar-refractivity contribution in [3.8, 4) is 11.3 Å². The smallest absolute Gasteiger partial charge is 0.321 e. The topological polar surface area (TPSA) is 108 Å². The number of carbonyl (C=O) groups is 1. The molecule has 0 aliphatic heterocycles. The van der Waals surface area contributed by atoms with Crippen LogP contribution in [0.2, 0.25) is 0 Å². The van der Waals surface area contributed by atoms with E-state index in [1.807, 2.05) is 23.4 Å². The van der Waals surface area contributed by atoms with E-state index in [2.05, 4.69) is 15.3 Å². The lowest BCUT2D eigenvalue weighted by atomic mass is 10.1. The summed E-state index contributed by atoms with van der Waals surface area (Å²) in [6, 6.07) is 8.20. The van der Waals surface area contributed by atoms with E-state index in [4.69, 9.17) is 0 Å².